The largest absolute Gasteiger partial charge is 0.243 e. The molecule has 0 saturated carbocycles. The van der Waals surface area contributed by atoms with Crippen LogP contribution in [0.5, 0.6) is 0 Å². The summed E-state index contributed by atoms with van der Waals surface area (Å²) in [5.74, 6) is -0.252. The second-order valence-electron chi connectivity index (χ2n) is 6.04. The summed E-state index contributed by atoms with van der Waals surface area (Å²) in [6.07, 6.45) is 0.638. The van der Waals surface area contributed by atoms with Crippen LogP contribution in [-0.2, 0) is 16.4 Å². The van der Waals surface area contributed by atoms with Gasteiger partial charge in [0, 0.05) is 30.5 Å². The van der Waals surface area contributed by atoms with Gasteiger partial charge in [0.1, 0.15) is 5.82 Å². The maximum atomic E-state index is 13.0. The van der Waals surface area contributed by atoms with E-state index in [-0.39, 0.29) is 10.7 Å². The summed E-state index contributed by atoms with van der Waals surface area (Å²) in [6, 6.07) is 13.2. The average molecular weight is 405 g/mol. The summed E-state index contributed by atoms with van der Waals surface area (Å²) in [7, 11) is -3.45. The molecule has 0 aliphatic rings. The first-order valence-electron chi connectivity index (χ1n) is 8.73. The van der Waals surface area contributed by atoms with Gasteiger partial charge in [-0.3, -0.25) is 0 Å². The van der Waals surface area contributed by atoms with Crippen molar-refractivity contribution < 1.29 is 12.8 Å². The molecule has 7 heteroatoms. The lowest BCUT2D eigenvalue weighted by atomic mass is 10.1. The minimum absolute atomic E-state index is 0.252. The predicted molar refractivity (Wildman–Crippen MR) is 107 cm³/mol. The van der Waals surface area contributed by atoms with E-state index in [9.17, 15) is 12.8 Å². The number of nitrogens with zero attached hydrogens (tertiary/aromatic N) is 2. The van der Waals surface area contributed by atoms with Crippen molar-refractivity contribution in [3.8, 4) is 11.3 Å². The van der Waals surface area contributed by atoms with Gasteiger partial charge in [-0.1, -0.05) is 38.1 Å². The van der Waals surface area contributed by atoms with E-state index in [2.05, 4.69) is 4.98 Å². The van der Waals surface area contributed by atoms with Gasteiger partial charge in [-0.05, 0) is 29.8 Å². The maximum Gasteiger partial charge on any atom is 0.243 e. The Kier molecular flexibility index (Phi) is 6.04. The highest BCUT2D eigenvalue weighted by Crippen LogP contribution is 2.25. The molecule has 0 amide bonds. The van der Waals surface area contributed by atoms with Crippen molar-refractivity contribution >= 4 is 21.4 Å². The summed E-state index contributed by atoms with van der Waals surface area (Å²) in [4.78, 5) is 4.91. The summed E-state index contributed by atoms with van der Waals surface area (Å²) in [5, 5.41) is 2.88. The van der Waals surface area contributed by atoms with E-state index >= 15 is 0 Å². The van der Waals surface area contributed by atoms with Crippen molar-refractivity contribution in [3.05, 3.63) is 70.3 Å². The van der Waals surface area contributed by atoms with E-state index in [4.69, 9.17) is 0 Å². The molecule has 4 nitrogen and oxygen atoms in total. The molecule has 0 bridgehead atoms. The molecule has 0 saturated heterocycles. The average Bonchev–Trinajstić information content (AvgIpc) is 3.13. The van der Waals surface area contributed by atoms with Crippen LogP contribution in [0.3, 0.4) is 0 Å². The quantitative estimate of drug-likeness (QED) is 0.580. The van der Waals surface area contributed by atoms with Gasteiger partial charge < -0.3 is 0 Å². The number of benzene rings is 2. The van der Waals surface area contributed by atoms with E-state index < -0.39 is 10.0 Å². The van der Waals surface area contributed by atoms with Gasteiger partial charge in [0.05, 0.1) is 15.6 Å². The monoisotopic (exact) mass is 404 g/mol. The first-order valence-corrected chi connectivity index (χ1v) is 11.1. The van der Waals surface area contributed by atoms with Crippen LogP contribution >= 0.6 is 11.3 Å². The number of hydrogen-bond donors (Lipinski definition) is 0. The minimum atomic E-state index is -3.45. The third-order valence-electron chi connectivity index (χ3n) is 4.31. The zero-order valence-electron chi connectivity index (χ0n) is 15.2. The van der Waals surface area contributed by atoms with Crippen LogP contribution < -0.4 is 0 Å². The molecule has 1 heterocycles. The molecule has 0 aliphatic heterocycles. The molecule has 1 aromatic heterocycles. The van der Waals surface area contributed by atoms with Crippen LogP contribution in [0.2, 0.25) is 0 Å². The normalized spacial score (nSPS) is 11.9. The number of aromatic nitrogens is 1. The Morgan fingerprint density at radius 2 is 1.63 bits per heavy atom. The number of sulfonamides is 1. The maximum absolute atomic E-state index is 13.0. The Labute approximate surface area is 163 Å². The van der Waals surface area contributed by atoms with Crippen LogP contribution in [0.4, 0.5) is 4.39 Å². The third-order valence-corrected chi connectivity index (χ3v) is 7.23. The number of thiazole rings is 1. The van der Waals surface area contributed by atoms with Gasteiger partial charge in [0.2, 0.25) is 10.0 Å². The van der Waals surface area contributed by atoms with Crippen molar-refractivity contribution in [2.75, 3.05) is 13.1 Å². The number of rotatable bonds is 7. The fourth-order valence-electron chi connectivity index (χ4n) is 2.81. The van der Waals surface area contributed by atoms with Gasteiger partial charge in [-0.25, -0.2) is 17.8 Å². The smallest absolute Gasteiger partial charge is 0.241 e. The molecule has 0 spiro atoms. The van der Waals surface area contributed by atoms with Gasteiger partial charge >= 0.3 is 0 Å². The number of halogens is 1. The Balaban J connectivity index is 1.78. The fourth-order valence-corrected chi connectivity index (χ4v) is 5.11. The van der Waals surface area contributed by atoms with Crippen LogP contribution in [0, 0.1) is 5.82 Å². The third kappa shape index (κ3) is 4.43. The summed E-state index contributed by atoms with van der Waals surface area (Å²) in [5.41, 5.74) is 2.68. The van der Waals surface area contributed by atoms with E-state index in [1.165, 1.54) is 27.8 Å². The highest BCUT2D eigenvalue weighted by molar-refractivity contribution is 7.89. The van der Waals surface area contributed by atoms with Gasteiger partial charge in [0.25, 0.3) is 0 Å². The van der Waals surface area contributed by atoms with Crippen LogP contribution in [0.25, 0.3) is 11.3 Å². The molecule has 3 aromatic rings. The first kappa shape index (κ1) is 19.7. The topological polar surface area (TPSA) is 50.3 Å². The molecule has 2 aromatic carbocycles. The number of hydrogen-bond acceptors (Lipinski definition) is 4. The second kappa shape index (κ2) is 8.29. The minimum Gasteiger partial charge on any atom is -0.241 e. The second-order valence-corrected chi connectivity index (χ2v) is 8.92. The molecule has 27 heavy (non-hydrogen) atoms. The molecule has 0 atom stereocenters. The fraction of sp³-hybridized carbons (Fsp3) is 0.250. The van der Waals surface area contributed by atoms with Crippen molar-refractivity contribution in [1.82, 2.24) is 9.29 Å². The highest BCUT2D eigenvalue weighted by atomic mass is 32.2. The van der Waals surface area contributed by atoms with Crippen molar-refractivity contribution in [1.29, 1.82) is 0 Å². The van der Waals surface area contributed by atoms with Crippen molar-refractivity contribution in [2.24, 2.45) is 0 Å². The Bertz CT molecular complexity index is 993. The Morgan fingerprint density at radius 3 is 2.22 bits per heavy atom. The van der Waals surface area contributed by atoms with Gasteiger partial charge in [0.15, 0.2) is 0 Å². The zero-order valence-corrected chi connectivity index (χ0v) is 16.9. The van der Waals surface area contributed by atoms with Gasteiger partial charge in [-0.15, -0.1) is 11.3 Å². The highest BCUT2D eigenvalue weighted by Gasteiger charge is 2.21. The van der Waals surface area contributed by atoms with Gasteiger partial charge in [-0.2, -0.15) is 4.31 Å². The predicted octanol–water partition coefficient (Wildman–Crippen LogP) is 4.57. The first-order chi connectivity index (χ1) is 12.9. The van der Waals surface area contributed by atoms with Crippen LogP contribution in [0.15, 0.2) is 58.8 Å². The lowest BCUT2D eigenvalue weighted by Gasteiger charge is -2.18. The standard InChI is InChI=1S/C20H21FN2O2S2/c1-3-23(4-2)27(24,25)18-11-7-16(8-12-18)19-14-26-20(22-19)13-15-5-9-17(21)10-6-15/h5-12,14H,3-4,13H2,1-2H3. The van der Waals surface area contributed by atoms with E-state index in [1.54, 1.807) is 36.4 Å². The van der Waals surface area contributed by atoms with Crippen LogP contribution in [-0.4, -0.2) is 30.8 Å². The molecule has 0 aliphatic carbocycles. The molecular weight excluding hydrogens is 383 g/mol. The lowest BCUT2D eigenvalue weighted by Crippen LogP contribution is -2.30. The molecule has 0 unspecified atom stereocenters. The van der Waals surface area contributed by atoms with E-state index in [0.717, 1.165) is 21.8 Å². The molecule has 142 valence electrons. The molecule has 0 fully saturated rings. The molecular formula is C20H21FN2O2S2. The van der Waals surface area contributed by atoms with Crippen molar-refractivity contribution in [3.63, 3.8) is 0 Å². The summed E-state index contributed by atoms with van der Waals surface area (Å²) < 4.78 is 39.6. The SMILES string of the molecule is CCN(CC)S(=O)(=O)c1ccc(-c2csc(Cc3ccc(F)cc3)n2)cc1. The Hall–Kier alpha value is -2.09. The lowest BCUT2D eigenvalue weighted by molar-refractivity contribution is 0.445. The Morgan fingerprint density at radius 1 is 1.00 bits per heavy atom. The van der Waals surface area contributed by atoms with Crippen molar-refractivity contribution in [2.45, 2.75) is 25.2 Å². The zero-order chi connectivity index (χ0) is 19.4. The molecule has 0 N–H and O–H groups in total. The van der Waals surface area contributed by atoms with E-state index in [1.807, 2.05) is 19.2 Å². The summed E-state index contributed by atoms with van der Waals surface area (Å²) >= 11 is 1.53. The summed E-state index contributed by atoms with van der Waals surface area (Å²) in [6.45, 7) is 4.54. The molecule has 3 rings (SSSR count). The molecule has 0 radical (unpaired) electrons. The van der Waals surface area contributed by atoms with E-state index in [0.29, 0.717) is 19.5 Å². The van der Waals surface area contributed by atoms with Crippen LogP contribution in [0.1, 0.15) is 24.4 Å².